The number of amides is 1. The van der Waals surface area contributed by atoms with Crippen LogP contribution in [0.1, 0.15) is 36.5 Å². The third-order valence-corrected chi connectivity index (χ3v) is 5.55. The third kappa shape index (κ3) is 4.01. The van der Waals surface area contributed by atoms with E-state index in [4.69, 9.17) is 5.11 Å². The molecule has 7 nitrogen and oxygen atoms in total. The molecule has 1 unspecified atom stereocenters. The van der Waals surface area contributed by atoms with Crippen molar-refractivity contribution < 1.29 is 23.1 Å². The summed E-state index contributed by atoms with van der Waals surface area (Å²) in [7, 11) is -3.32. The molecule has 126 valence electrons. The lowest BCUT2D eigenvalue weighted by Gasteiger charge is -2.18. The summed E-state index contributed by atoms with van der Waals surface area (Å²) in [4.78, 5) is 23.3. The summed E-state index contributed by atoms with van der Waals surface area (Å²) in [5.74, 6) is -1.51. The van der Waals surface area contributed by atoms with E-state index in [1.807, 2.05) is 6.92 Å². The highest BCUT2D eigenvalue weighted by molar-refractivity contribution is 7.93. The smallest absolute Gasteiger partial charge is 0.326 e. The highest BCUT2D eigenvalue weighted by Gasteiger charge is 2.29. The van der Waals surface area contributed by atoms with Crippen LogP contribution in [0.3, 0.4) is 0 Å². The van der Waals surface area contributed by atoms with Crippen LogP contribution in [0.25, 0.3) is 0 Å². The first kappa shape index (κ1) is 17.3. The zero-order chi connectivity index (χ0) is 17.0. The molecule has 1 atom stereocenters. The van der Waals surface area contributed by atoms with E-state index >= 15 is 0 Å². The van der Waals surface area contributed by atoms with Crippen LogP contribution in [0.4, 0.5) is 5.69 Å². The average molecular weight is 340 g/mol. The molecule has 0 aromatic heterocycles. The van der Waals surface area contributed by atoms with Gasteiger partial charge in [-0.15, -0.1) is 0 Å². The van der Waals surface area contributed by atoms with Crippen molar-refractivity contribution in [3.63, 3.8) is 0 Å². The van der Waals surface area contributed by atoms with Gasteiger partial charge < -0.3 is 10.4 Å². The van der Waals surface area contributed by atoms with Crippen molar-refractivity contribution in [1.82, 2.24) is 5.32 Å². The summed E-state index contributed by atoms with van der Waals surface area (Å²) in [5, 5.41) is 11.6. The lowest BCUT2D eigenvalue weighted by atomic mass is 10.1. The summed E-state index contributed by atoms with van der Waals surface area (Å²) < 4.78 is 25.2. The number of sulfonamides is 1. The zero-order valence-corrected chi connectivity index (χ0v) is 13.7. The van der Waals surface area contributed by atoms with Crippen molar-refractivity contribution in [3.05, 3.63) is 29.8 Å². The van der Waals surface area contributed by atoms with Crippen LogP contribution in [0.15, 0.2) is 24.3 Å². The number of hydrogen-bond acceptors (Lipinski definition) is 4. The molecule has 1 saturated heterocycles. The molecule has 23 heavy (non-hydrogen) atoms. The Morgan fingerprint density at radius 3 is 2.70 bits per heavy atom. The van der Waals surface area contributed by atoms with Crippen molar-refractivity contribution >= 4 is 27.6 Å². The van der Waals surface area contributed by atoms with Crippen LogP contribution in [0.2, 0.25) is 0 Å². The van der Waals surface area contributed by atoms with Gasteiger partial charge in [0.25, 0.3) is 5.91 Å². The average Bonchev–Trinajstić information content (AvgIpc) is 2.86. The second-order valence-electron chi connectivity index (χ2n) is 5.44. The summed E-state index contributed by atoms with van der Waals surface area (Å²) in [5.41, 5.74) is 0.671. The predicted octanol–water partition coefficient (Wildman–Crippen LogP) is 1.21. The van der Waals surface area contributed by atoms with Crippen LogP contribution in [0, 0.1) is 0 Å². The minimum Gasteiger partial charge on any atom is -0.480 e. The van der Waals surface area contributed by atoms with Gasteiger partial charge in [0.1, 0.15) is 6.04 Å². The van der Waals surface area contributed by atoms with E-state index in [0.717, 1.165) is 0 Å². The zero-order valence-electron chi connectivity index (χ0n) is 12.9. The Kier molecular flexibility index (Phi) is 5.25. The molecular weight excluding hydrogens is 320 g/mol. The number of carboxylic acids is 1. The molecule has 1 aromatic rings. The Morgan fingerprint density at radius 2 is 2.13 bits per heavy atom. The van der Waals surface area contributed by atoms with Gasteiger partial charge in [0.15, 0.2) is 0 Å². The predicted molar refractivity (Wildman–Crippen MR) is 86.0 cm³/mol. The van der Waals surface area contributed by atoms with Crippen molar-refractivity contribution in [2.75, 3.05) is 16.6 Å². The maximum Gasteiger partial charge on any atom is 0.326 e. The molecule has 1 aliphatic rings. The molecule has 0 radical (unpaired) electrons. The fourth-order valence-corrected chi connectivity index (χ4v) is 4.08. The molecule has 0 saturated carbocycles. The number of benzene rings is 1. The van der Waals surface area contributed by atoms with Gasteiger partial charge in [-0.3, -0.25) is 9.10 Å². The lowest BCUT2D eigenvalue weighted by molar-refractivity contribution is -0.139. The Bertz CT molecular complexity index is 702. The number of carbonyl (C=O) groups is 2. The number of aliphatic carboxylic acids is 1. The largest absolute Gasteiger partial charge is 0.480 e. The van der Waals surface area contributed by atoms with E-state index in [-0.39, 0.29) is 11.3 Å². The molecule has 8 heteroatoms. The van der Waals surface area contributed by atoms with Gasteiger partial charge in [-0.2, -0.15) is 0 Å². The van der Waals surface area contributed by atoms with Crippen molar-refractivity contribution in [3.8, 4) is 0 Å². The summed E-state index contributed by atoms with van der Waals surface area (Å²) in [6.45, 7) is 2.22. The van der Waals surface area contributed by atoms with Crippen LogP contribution in [-0.4, -0.2) is 43.7 Å². The lowest BCUT2D eigenvalue weighted by Crippen LogP contribution is -2.40. The first-order valence-electron chi connectivity index (χ1n) is 7.49. The Morgan fingerprint density at radius 1 is 1.39 bits per heavy atom. The van der Waals surface area contributed by atoms with E-state index in [2.05, 4.69) is 5.32 Å². The highest BCUT2D eigenvalue weighted by Crippen LogP contribution is 2.24. The summed E-state index contributed by atoms with van der Waals surface area (Å²) in [6.07, 6.45) is 1.51. The maximum absolute atomic E-state index is 12.2. The number of nitrogens with zero attached hydrogens (tertiary/aromatic N) is 1. The first-order valence-corrected chi connectivity index (χ1v) is 9.10. The normalized spacial score (nSPS) is 17.7. The molecule has 1 aliphatic heterocycles. The minimum atomic E-state index is -3.32. The monoisotopic (exact) mass is 340 g/mol. The second-order valence-corrected chi connectivity index (χ2v) is 7.46. The third-order valence-electron chi connectivity index (χ3n) is 3.68. The molecule has 2 rings (SSSR count). The van der Waals surface area contributed by atoms with Gasteiger partial charge in [-0.25, -0.2) is 13.2 Å². The molecule has 0 bridgehead atoms. The van der Waals surface area contributed by atoms with Gasteiger partial charge >= 0.3 is 5.97 Å². The molecule has 0 spiro atoms. The fraction of sp³-hybridized carbons (Fsp3) is 0.467. The standard InChI is InChI=1S/C15H20N2O5S/c1-2-5-13(15(19)20)16-14(18)11-6-3-7-12(10-11)17-8-4-9-23(17,21)22/h3,6-7,10,13H,2,4-5,8-9H2,1H3,(H,16,18)(H,19,20). The quantitative estimate of drug-likeness (QED) is 0.810. The van der Waals surface area contributed by atoms with Gasteiger partial charge in [0, 0.05) is 12.1 Å². The van der Waals surface area contributed by atoms with Crippen LogP contribution >= 0.6 is 0 Å². The molecule has 1 amide bonds. The van der Waals surface area contributed by atoms with Crippen LogP contribution in [-0.2, 0) is 14.8 Å². The first-order chi connectivity index (χ1) is 10.8. The van der Waals surface area contributed by atoms with E-state index in [9.17, 15) is 18.0 Å². The Labute approximate surface area is 135 Å². The minimum absolute atomic E-state index is 0.0982. The number of rotatable bonds is 6. The maximum atomic E-state index is 12.2. The van der Waals surface area contributed by atoms with Gasteiger partial charge in [0.05, 0.1) is 11.4 Å². The SMILES string of the molecule is CCCC(NC(=O)c1cccc(N2CCCS2(=O)=O)c1)C(=O)O. The summed E-state index contributed by atoms with van der Waals surface area (Å²) in [6, 6.07) is 5.27. The highest BCUT2D eigenvalue weighted by atomic mass is 32.2. The van der Waals surface area contributed by atoms with E-state index in [1.165, 1.54) is 16.4 Å². The van der Waals surface area contributed by atoms with E-state index in [0.29, 0.717) is 31.5 Å². The molecular formula is C15H20N2O5S. The molecule has 1 heterocycles. The Balaban J connectivity index is 2.19. The van der Waals surface area contributed by atoms with E-state index in [1.54, 1.807) is 12.1 Å². The number of carbonyl (C=O) groups excluding carboxylic acids is 1. The van der Waals surface area contributed by atoms with Crippen molar-refractivity contribution in [2.24, 2.45) is 0 Å². The van der Waals surface area contributed by atoms with Crippen molar-refractivity contribution in [1.29, 1.82) is 0 Å². The topological polar surface area (TPSA) is 104 Å². The molecule has 1 aromatic carbocycles. The van der Waals surface area contributed by atoms with Gasteiger partial charge in [-0.1, -0.05) is 19.4 Å². The molecule has 2 N–H and O–H groups in total. The Hall–Kier alpha value is -2.09. The van der Waals surface area contributed by atoms with Gasteiger partial charge in [0.2, 0.25) is 10.0 Å². The van der Waals surface area contributed by atoms with Crippen molar-refractivity contribution in [2.45, 2.75) is 32.2 Å². The number of anilines is 1. The number of carboxylic acid groups (broad SMARTS) is 1. The summed E-state index contributed by atoms with van der Waals surface area (Å²) >= 11 is 0. The fourth-order valence-electron chi connectivity index (χ4n) is 2.52. The molecule has 0 aliphatic carbocycles. The van der Waals surface area contributed by atoms with Crippen LogP contribution < -0.4 is 9.62 Å². The number of nitrogens with one attached hydrogen (secondary N) is 1. The van der Waals surface area contributed by atoms with Crippen LogP contribution in [0.5, 0.6) is 0 Å². The number of hydrogen-bond donors (Lipinski definition) is 2. The van der Waals surface area contributed by atoms with E-state index < -0.39 is 27.9 Å². The van der Waals surface area contributed by atoms with Gasteiger partial charge in [-0.05, 0) is 31.0 Å². The second kappa shape index (κ2) is 6.99. The molecule has 1 fully saturated rings.